The zero-order chi connectivity index (χ0) is 27.3. The van der Waals surface area contributed by atoms with Crippen LogP contribution in [0.1, 0.15) is 17.0 Å². The van der Waals surface area contributed by atoms with E-state index in [1.807, 2.05) is 31.3 Å². The van der Waals surface area contributed by atoms with Crippen LogP contribution in [0.5, 0.6) is 0 Å². The number of fused-ring (bicyclic) bond motifs is 3. The van der Waals surface area contributed by atoms with Crippen LogP contribution in [-0.2, 0) is 14.3 Å². The van der Waals surface area contributed by atoms with Gasteiger partial charge in [-0.1, -0.05) is 48.5 Å². The Morgan fingerprint density at radius 2 is 1.47 bits per heavy atom. The van der Waals surface area contributed by atoms with Gasteiger partial charge in [0.25, 0.3) is 0 Å². The van der Waals surface area contributed by atoms with E-state index in [2.05, 4.69) is 34.9 Å². The number of hydrogen-bond acceptors (Lipinski definition) is 7. The third-order valence-electron chi connectivity index (χ3n) is 4.80. The van der Waals surface area contributed by atoms with Crippen LogP contribution in [0.3, 0.4) is 0 Å². The van der Waals surface area contributed by atoms with Gasteiger partial charge in [0, 0.05) is 25.6 Å². The Morgan fingerprint density at radius 1 is 1.00 bits per heavy atom. The van der Waals surface area contributed by atoms with Gasteiger partial charge in [0.15, 0.2) is 0 Å². The first-order valence-corrected chi connectivity index (χ1v) is 10.7. The van der Waals surface area contributed by atoms with E-state index in [0.29, 0.717) is 13.2 Å². The van der Waals surface area contributed by atoms with Crippen molar-refractivity contribution in [2.24, 2.45) is 11.5 Å². The molecule has 0 bridgehead atoms. The maximum atomic E-state index is 11.7. The van der Waals surface area contributed by atoms with Crippen LogP contribution in [0.4, 0.5) is 18.0 Å². The lowest BCUT2D eigenvalue weighted by Gasteiger charge is -2.14. The number of alkyl carbamates (subject to hydrolysis) is 1. The number of carboxylic acids is 2. The standard InChI is InChI=1S/C18H20N2O2.C3H8N2O2.C2HF3O2/c1-19-10-11-20-18(21)22-12-17-15-8-4-2-6-13(15)14-7-3-5-9-16(14)17;4-1-2(5)3(6)7;3-2(4,5)1(6)7/h2-9,17,19H,10-12H2,1H3,(H,20,21);2H,1,4-5H2,(H,6,7);(H,6,7)/t;2-;/m.0./s1. The number of alkyl halides is 3. The second-order valence-corrected chi connectivity index (χ2v) is 7.34. The van der Waals surface area contributed by atoms with E-state index in [9.17, 15) is 22.8 Å². The minimum absolute atomic E-state index is 0.00463. The van der Waals surface area contributed by atoms with Crippen molar-refractivity contribution in [2.75, 3.05) is 33.3 Å². The number of nitrogens with one attached hydrogen (secondary N) is 2. The van der Waals surface area contributed by atoms with Gasteiger partial charge in [-0.3, -0.25) is 4.79 Å². The van der Waals surface area contributed by atoms with Crippen LogP contribution in [0.2, 0.25) is 0 Å². The lowest BCUT2D eigenvalue weighted by atomic mass is 9.98. The second-order valence-electron chi connectivity index (χ2n) is 7.34. The number of rotatable bonds is 7. The summed E-state index contributed by atoms with van der Waals surface area (Å²) in [5.74, 6) is -3.70. The molecular weight excluding hydrogens is 485 g/mol. The molecule has 1 atom stereocenters. The van der Waals surface area contributed by atoms with Gasteiger partial charge in [0.05, 0.1) is 0 Å². The molecule has 36 heavy (non-hydrogen) atoms. The second kappa shape index (κ2) is 14.7. The highest BCUT2D eigenvalue weighted by atomic mass is 19.4. The molecule has 2 aromatic carbocycles. The molecule has 0 fully saturated rings. The highest BCUT2D eigenvalue weighted by molar-refractivity contribution is 5.79. The average Bonchev–Trinajstić information content (AvgIpc) is 3.16. The van der Waals surface area contributed by atoms with E-state index in [1.165, 1.54) is 22.3 Å². The quantitative estimate of drug-likeness (QED) is 0.300. The van der Waals surface area contributed by atoms with Crippen LogP contribution in [0, 0.1) is 0 Å². The molecule has 1 aliphatic rings. The fourth-order valence-corrected chi connectivity index (χ4v) is 3.04. The number of aliphatic carboxylic acids is 2. The van der Waals surface area contributed by atoms with Crippen LogP contribution >= 0.6 is 0 Å². The summed E-state index contributed by atoms with van der Waals surface area (Å²) in [5, 5.41) is 20.8. The SMILES string of the molecule is CNCCNC(=O)OCC1c2ccccc2-c2ccccc21.NC[C@H](N)C(=O)O.O=C(O)C(F)(F)F. The van der Waals surface area contributed by atoms with Crippen LogP contribution in [0.25, 0.3) is 11.1 Å². The van der Waals surface area contributed by atoms with Crippen molar-refractivity contribution < 1.29 is 42.5 Å². The summed E-state index contributed by atoms with van der Waals surface area (Å²) >= 11 is 0. The van der Waals surface area contributed by atoms with Crippen LogP contribution < -0.4 is 22.1 Å². The Morgan fingerprint density at radius 3 is 1.83 bits per heavy atom. The molecule has 10 nitrogen and oxygen atoms in total. The zero-order valence-electron chi connectivity index (χ0n) is 19.4. The first-order chi connectivity index (χ1) is 16.9. The fraction of sp³-hybridized carbons (Fsp3) is 0.348. The highest BCUT2D eigenvalue weighted by Crippen LogP contribution is 2.44. The third kappa shape index (κ3) is 9.52. The zero-order valence-corrected chi connectivity index (χ0v) is 19.4. The first-order valence-electron chi connectivity index (χ1n) is 10.7. The number of amides is 1. The Hall–Kier alpha value is -3.68. The molecule has 198 valence electrons. The maximum absolute atomic E-state index is 11.7. The van der Waals surface area contributed by atoms with Crippen molar-refractivity contribution in [3.05, 3.63) is 59.7 Å². The van der Waals surface area contributed by atoms with E-state index in [1.54, 1.807) is 0 Å². The van der Waals surface area contributed by atoms with Gasteiger partial charge in [-0.05, 0) is 29.3 Å². The normalized spacial score (nSPS) is 12.5. The summed E-state index contributed by atoms with van der Waals surface area (Å²) in [5.41, 5.74) is 14.7. The van der Waals surface area contributed by atoms with E-state index in [0.717, 1.165) is 6.54 Å². The van der Waals surface area contributed by atoms with Crippen LogP contribution in [0.15, 0.2) is 48.5 Å². The summed E-state index contributed by atoms with van der Waals surface area (Å²) in [6, 6.07) is 15.7. The Balaban J connectivity index is 0.000000383. The van der Waals surface area contributed by atoms with Crippen LogP contribution in [-0.4, -0.2) is 73.8 Å². The topological polar surface area (TPSA) is 177 Å². The van der Waals surface area contributed by atoms with Crippen molar-refractivity contribution in [1.29, 1.82) is 0 Å². The largest absolute Gasteiger partial charge is 0.490 e. The number of benzene rings is 2. The van der Waals surface area contributed by atoms with E-state index >= 15 is 0 Å². The Bertz CT molecular complexity index is 974. The van der Waals surface area contributed by atoms with Gasteiger partial charge in [-0.25, -0.2) is 9.59 Å². The van der Waals surface area contributed by atoms with Gasteiger partial charge in [-0.2, -0.15) is 13.2 Å². The Kier molecular flexibility index (Phi) is 12.4. The lowest BCUT2D eigenvalue weighted by Crippen LogP contribution is -2.37. The van der Waals surface area contributed by atoms with Crippen molar-refractivity contribution in [2.45, 2.75) is 18.1 Å². The molecule has 8 N–H and O–H groups in total. The molecule has 0 aromatic heterocycles. The van der Waals surface area contributed by atoms with E-state index < -0.39 is 24.2 Å². The number of hydrogen-bond donors (Lipinski definition) is 6. The van der Waals surface area contributed by atoms with Gasteiger partial charge >= 0.3 is 24.2 Å². The third-order valence-corrected chi connectivity index (χ3v) is 4.80. The number of carbonyl (C=O) groups excluding carboxylic acids is 1. The maximum Gasteiger partial charge on any atom is 0.490 e. The molecule has 1 amide bonds. The van der Waals surface area contributed by atoms with Crippen molar-refractivity contribution in [1.82, 2.24) is 10.6 Å². The number of carbonyl (C=O) groups is 3. The average molecular weight is 515 g/mol. The highest BCUT2D eigenvalue weighted by Gasteiger charge is 2.38. The summed E-state index contributed by atoms with van der Waals surface area (Å²) in [6.07, 6.45) is -5.45. The number of halogens is 3. The first kappa shape index (κ1) is 30.4. The number of ether oxygens (including phenoxy) is 1. The number of carboxylic acid groups (broad SMARTS) is 2. The molecule has 2 aromatic rings. The number of nitrogens with two attached hydrogens (primary N) is 2. The summed E-state index contributed by atoms with van der Waals surface area (Å²) in [4.78, 5) is 30.4. The molecule has 0 aliphatic heterocycles. The van der Waals surface area contributed by atoms with E-state index in [4.69, 9.17) is 31.2 Å². The molecule has 0 radical (unpaired) electrons. The van der Waals surface area contributed by atoms with Crippen molar-refractivity contribution in [3.63, 3.8) is 0 Å². The smallest absolute Gasteiger partial charge is 0.480 e. The Labute approximate surface area is 205 Å². The molecule has 0 unspecified atom stereocenters. The molecule has 0 saturated heterocycles. The molecular formula is C23H29F3N4O6. The molecule has 0 heterocycles. The molecule has 0 saturated carbocycles. The monoisotopic (exact) mass is 514 g/mol. The summed E-state index contributed by atoms with van der Waals surface area (Å²) in [7, 11) is 1.85. The summed E-state index contributed by atoms with van der Waals surface area (Å²) < 4.78 is 37.1. The lowest BCUT2D eigenvalue weighted by molar-refractivity contribution is -0.192. The summed E-state index contributed by atoms with van der Waals surface area (Å²) in [6.45, 7) is 1.64. The van der Waals surface area contributed by atoms with Crippen molar-refractivity contribution in [3.8, 4) is 11.1 Å². The van der Waals surface area contributed by atoms with Gasteiger partial charge in [0.2, 0.25) is 0 Å². The molecule has 1 aliphatic carbocycles. The predicted octanol–water partition coefficient (Wildman–Crippen LogP) is 1.73. The number of likely N-dealkylation sites (N-methyl/N-ethyl adjacent to an activating group) is 1. The fourth-order valence-electron chi connectivity index (χ4n) is 3.04. The predicted molar refractivity (Wildman–Crippen MR) is 125 cm³/mol. The van der Waals surface area contributed by atoms with E-state index in [-0.39, 0.29) is 18.6 Å². The minimum atomic E-state index is -5.08. The molecule has 13 heteroatoms. The van der Waals surface area contributed by atoms with Gasteiger partial charge in [-0.15, -0.1) is 0 Å². The minimum Gasteiger partial charge on any atom is -0.480 e. The molecule has 0 spiro atoms. The van der Waals surface area contributed by atoms with Gasteiger partial charge < -0.3 is 37.1 Å². The van der Waals surface area contributed by atoms with Gasteiger partial charge in [0.1, 0.15) is 12.6 Å². The molecule has 3 rings (SSSR count). The van der Waals surface area contributed by atoms with Crippen molar-refractivity contribution >= 4 is 18.0 Å².